The molecule has 1 atom stereocenters. The molecule has 3 heterocycles. The van der Waals surface area contributed by atoms with Crippen LogP contribution in [-0.4, -0.2) is 40.0 Å². The number of nitrogens with one attached hydrogen (secondary N) is 2. The molecule has 1 aliphatic rings. The number of amides is 1. The number of carbonyl (C=O) groups is 1. The van der Waals surface area contributed by atoms with E-state index in [4.69, 9.17) is 0 Å². The molecule has 0 bridgehead atoms. The number of aromatic amines is 1. The van der Waals surface area contributed by atoms with Gasteiger partial charge in [-0.2, -0.15) is 0 Å². The van der Waals surface area contributed by atoms with Crippen LogP contribution in [0.25, 0.3) is 0 Å². The first-order chi connectivity index (χ1) is 11.7. The first-order valence-electron chi connectivity index (χ1n) is 8.21. The summed E-state index contributed by atoms with van der Waals surface area (Å²) in [7, 11) is 0. The Morgan fingerprint density at radius 1 is 1.46 bits per heavy atom. The van der Waals surface area contributed by atoms with Crippen molar-refractivity contribution in [3.63, 3.8) is 0 Å². The number of H-pyrrole nitrogens is 1. The molecule has 0 saturated carbocycles. The van der Waals surface area contributed by atoms with Crippen LogP contribution in [0.4, 0.5) is 5.82 Å². The topological polar surface area (TPSA) is 91.0 Å². The van der Waals surface area contributed by atoms with E-state index in [1.54, 1.807) is 24.7 Å². The molecule has 0 aromatic carbocycles. The molecule has 1 unspecified atom stereocenters. The van der Waals surface area contributed by atoms with Gasteiger partial charge in [0.25, 0.3) is 11.5 Å². The number of anilines is 1. The minimum Gasteiger partial charge on any atom is -0.350 e. The molecule has 126 valence electrons. The second kappa shape index (κ2) is 7.25. The third-order valence-electron chi connectivity index (χ3n) is 4.27. The average molecular weight is 327 g/mol. The highest BCUT2D eigenvalue weighted by molar-refractivity contribution is 5.95. The first-order valence-corrected chi connectivity index (χ1v) is 8.21. The molecule has 0 spiro atoms. The van der Waals surface area contributed by atoms with Gasteiger partial charge >= 0.3 is 0 Å². The van der Waals surface area contributed by atoms with Gasteiger partial charge in [-0.3, -0.25) is 14.6 Å². The summed E-state index contributed by atoms with van der Waals surface area (Å²) in [6.07, 6.45) is 9.01. The number of nitrogens with zero attached hydrogens (tertiary/aromatic N) is 3. The van der Waals surface area contributed by atoms with Crippen LogP contribution in [0.1, 0.15) is 35.7 Å². The lowest BCUT2D eigenvalue weighted by molar-refractivity contribution is 0.0932. The summed E-state index contributed by atoms with van der Waals surface area (Å²) in [5, 5.41) is 3.08. The van der Waals surface area contributed by atoms with Gasteiger partial charge in [-0.1, -0.05) is 6.92 Å². The van der Waals surface area contributed by atoms with Crippen LogP contribution in [-0.2, 0) is 6.42 Å². The van der Waals surface area contributed by atoms with Gasteiger partial charge in [-0.25, -0.2) is 4.98 Å². The quantitative estimate of drug-likeness (QED) is 0.878. The smallest absolute Gasteiger partial charge is 0.290 e. The normalized spacial score (nSPS) is 17.5. The summed E-state index contributed by atoms with van der Waals surface area (Å²) in [5.74, 6) is 0.325. The molecule has 1 saturated heterocycles. The van der Waals surface area contributed by atoms with Crippen molar-refractivity contribution >= 4 is 11.7 Å². The molecule has 1 aliphatic heterocycles. The molecule has 2 aromatic rings. The van der Waals surface area contributed by atoms with Crippen LogP contribution >= 0.6 is 0 Å². The fourth-order valence-electron chi connectivity index (χ4n) is 3.05. The lowest BCUT2D eigenvalue weighted by atomic mass is 10.0. The van der Waals surface area contributed by atoms with Crippen molar-refractivity contribution in [3.05, 3.63) is 52.3 Å². The van der Waals surface area contributed by atoms with Crippen LogP contribution in [0.2, 0.25) is 0 Å². The van der Waals surface area contributed by atoms with Crippen molar-refractivity contribution in [2.75, 3.05) is 18.0 Å². The Labute approximate surface area is 140 Å². The molecule has 3 rings (SSSR count). The number of pyridine rings is 1. The Bertz CT molecular complexity index is 773. The van der Waals surface area contributed by atoms with E-state index in [0.29, 0.717) is 17.9 Å². The zero-order valence-electron chi connectivity index (χ0n) is 13.7. The molecule has 2 N–H and O–H groups in total. The minimum absolute atomic E-state index is 0.00877. The highest BCUT2D eigenvalue weighted by Crippen LogP contribution is 2.15. The van der Waals surface area contributed by atoms with Crippen molar-refractivity contribution < 1.29 is 4.79 Å². The van der Waals surface area contributed by atoms with E-state index in [1.165, 1.54) is 6.20 Å². The van der Waals surface area contributed by atoms with Crippen molar-refractivity contribution in [2.24, 2.45) is 0 Å². The summed E-state index contributed by atoms with van der Waals surface area (Å²) in [4.78, 5) is 37.3. The number of hydrogen-bond donors (Lipinski definition) is 2. The van der Waals surface area contributed by atoms with Gasteiger partial charge in [-0.05, 0) is 30.9 Å². The summed E-state index contributed by atoms with van der Waals surface area (Å²) in [5.41, 5.74) is 1.40. The maximum atomic E-state index is 12.6. The van der Waals surface area contributed by atoms with Crippen LogP contribution in [0.5, 0.6) is 0 Å². The monoisotopic (exact) mass is 327 g/mol. The molecule has 7 nitrogen and oxygen atoms in total. The summed E-state index contributed by atoms with van der Waals surface area (Å²) >= 11 is 0. The van der Waals surface area contributed by atoms with E-state index >= 15 is 0 Å². The standard InChI is InChI=1S/C17H21N5O2/c1-2-12-10-18-6-5-14(12)16(23)21-13-4-3-9-22(11-13)15-17(24)20-8-7-19-15/h5-8,10,13H,2-4,9,11H2,1H3,(H,20,24)(H,21,23). The molecule has 24 heavy (non-hydrogen) atoms. The molecule has 1 amide bonds. The predicted molar refractivity (Wildman–Crippen MR) is 91.2 cm³/mol. The van der Waals surface area contributed by atoms with E-state index in [-0.39, 0.29) is 17.5 Å². The van der Waals surface area contributed by atoms with Gasteiger partial charge in [0.15, 0.2) is 5.82 Å². The van der Waals surface area contributed by atoms with Gasteiger partial charge in [0.05, 0.1) is 0 Å². The van der Waals surface area contributed by atoms with Crippen LogP contribution < -0.4 is 15.8 Å². The van der Waals surface area contributed by atoms with Crippen LogP contribution in [0, 0.1) is 0 Å². The molecule has 7 heteroatoms. The Hall–Kier alpha value is -2.70. The largest absolute Gasteiger partial charge is 0.350 e. The van der Waals surface area contributed by atoms with Gasteiger partial charge in [0, 0.05) is 49.5 Å². The van der Waals surface area contributed by atoms with E-state index < -0.39 is 0 Å². The Kier molecular flexibility index (Phi) is 4.88. The third-order valence-corrected chi connectivity index (χ3v) is 4.27. The maximum Gasteiger partial charge on any atom is 0.290 e. The number of aryl methyl sites for hydroxylation is 1. The van der Waals surface area contributed by atoms with Crippen molar-refractivity contribution in [1.82, 2.24) is 20.3 Å². The highest BCUT2D eigenvalue weighted by atomic mass is 16.1. The molecular formula is C17H21N5O2. The number of rotatable bonds is 4. The van der Waals surface area contributed by atoms with E-state index in [9.17, 15) is 9.59 Å². The van der Waals surface area contributed by atoms with Gasteiger partial charge in [0.1, 0.15) is 0 Å². The lowest BCUT2D eigenvalue weighted by Crippen LogP contribution is -2.49. The molecule has 2 aromatic heterocycles. The van der Waals surface area contributed by atoms with Crippen LogP contribution in [0.3, 0.4) is 0 Å². The number of aromatic nitrogens is 3. The van der Waals surface area contributed by atoms with Gasteiger partial charge in [0.2, 0.25) is 0 Å². The van der Waals surface area contributed by atoms with Crippen molar-refractivity contribution in [2.45, 2.75) is 32.2 Å². The van der Waals surface area contributed by atoms with E-state index in [2.05, 4.69) is 20.3 Å². The van der Waals surface area contributed by atoms with Crippen LogP contribution in [0.15, 0.2) is 35.6 Å². The molecule has 0 aliphatic carbocycles. The molecule has 0 radical (unpaired) electrons. The SMILES string of the molecule is CCc1cnccc1C(=O)NC1CCCN(c2ncc[nH]c2=O)C1. The van der Waals surface area contributed by atoms with E-state index in [0.717, 1.165) is 31.4 Å². The zero-order chi connectivity index (χ0) is 16.9. The zero-order valence-corrected chi connectivity index (χ0v) is 13.7. The molecule has 1 fully saturated rings. The van der Waals surface area contributed by atoms with E-state index in [1.807, 2.05) is 11.8 Å². The minimum atomic E-state index is -0.202. The van der Waals surface area contributed by atoms with Crippen molar-refractivity contribution in [3.8, 4) is 0 Å². The molecular weight excluding hydrogens is 306 g/mol. The fraction of sp³-hybridized carbons (Fsp3) is 0.412. The summed E-state index contributed by atoms with van der Waals surface area (Å²) < 4.78 is 0. The van der Waals surface area contributed by atoms with Crippen molar-refractivity contribution in [1.29, 1.82) is 0 Å². The third kappa shape index (κ3) is 3.45. The maximum absolute atomic E-state index is 12.6. The second-order valence-corrected chi connectivity index (χ2v) is 5.89. The fourth-order valence-corrected chi connectivity index (χ4v) is 3.05. The predicted octanol–water partition coefficient (Wildman–Crippen LogP) is 1.13. The Morgan fingerprint density at radius 2 is 2.33 bits per heavy atom. The first kappa shape index (κ1) is 16.2. The number of hydrogen-bond acceptors (Lipinski definition) is 5. The van der Waals surface area contributed by atoms with Gasteiger partial charge in [-0.15, -0.1) is 0 Å². The average Bonchev–Trinajstić information content (AvgIpc) is 2.62. The van der Waals surface area contributed by atoms with Gasteiger partial charge < -0.3 is 15.2 Å². The second-order valence-electron chi connectivity index (χ2n) is 5.89. The summed E-state index contributed by atoms with van der Waals surface area (Å²) in [6.45, 7) is 3.35. The Morgan fingerprint density at radius 3 is 3.12 bits per heavy atom. The lowest BCUT2D eigenvalue weighted by Gasteiger charge is -2.33. The Balaban J connectivity index is 1.70. The number of carbonyl (C=O) groups excluding carboxylic acids is 1. The number of piperidine rings is 1. The summed E-state index contributed by atoms with van der Waals surface area (Å²) in [6, 6.07) is 1.74. The highest BCUT2D eigenvalue weighted by Gasteiger charge is 2.24.